The molecule has 0 spiro atoms. The molecular formula is C12H9N2NaO5S. The molecule has 2 rings (SSSR count). The molecule has 0 unspecified atom stereocenters. The van der Waals surface area contributed by atoms with Gasteiger partial charge < -0.3 is 14.8 Å². The summed E-state index contributed by atoms with van der Waals surface area (Å²) in [6.07, 6.45) is 0. The minimum Gasteiger partial charge on any atom is -0.744 e. The first-order valence-corrected chi connectivity index (χ1v) is 6.77. The van der Waals surface area contributed by atoms with Gasteiger partial charge in [0.1, 0.15) is 27.3 Å². The predicted molar refractivity (Wildman–Crippen MR) is 68.4 cm³/mol. The number of phenolic OH excluding ortho intramolecular Hbond substituents is 2. The molecule has 2 N–H and O–H groups in total. The molecule has 0 amide bonds. The molecule has 0 heterocycles. The van der Waals surface area contributed by atoms with Crippen molar-refractivity contribution in [3.63, 3.8) is 0 Å². The van der Waals surface area contributed by atoms with Gasteiger partial charge in [-0.1, -0.05) is 0 Å². The van der Waals surface area contributed by atoms with E-state index in [1.54, 1.807) is 0 Å². The summed E-state index contributed by atoms with van der Waals surface area (Å²) < 4.78 is 32.6. The van der Waals surface area contributed by atoms with E-state index in [0.29, 0.717) is 5.69 Å². The second-order valence-electron chi connectivity index (χ2n) is 3.82. The van der Waals surface area contributed by atoms with E-state index in [4.69, 9.17) is 5.11 Å². The van der Waals surface area contributed by atoms with Crippen LogP contribution >= 0.6 is 0 Å². The van der Waals surface area contributed by atoms with Crippen LogP contribution in [0.3, 0.4) is 0 Å². The van der Waals surface area contributed by atoms with Gasteiger partial charge in [-0.25, -0.2) is 8.42 Å². The average molecular weight is 316 g/mol. The number of nitrogens with zero attached hydrogens (tertiary/aromatic N) is 2. The van der Waals surface area contributed by atoms with E-state index in [1.807, 2.05) is 0 Å². The summed E-state index contributed by atoms with van der Waals surface area (Å²) in [5, 5.41) is 26.1. The minimum atomic E-state index is -4.63. The van der Waals surface area contributed by atoms with Crippen molar-refractivity contribution < 1.29 is 52.7 Å². The third kappa shape index (κ3) is 4.80. The van der Waals surface area contributed by atoms with Crippen molar-refractivity contribution in [2.75, 3.05) is 0 Å². The third-order valence-electron chi connectivity index (χ3n) is 2.36. The number of rotatable bonds is 3. The summed E-state index contributed by atoms with van der Waals surface area (Å²) in [4.78, 5) is -0.505. The van der Waals surface area contributed by atoms with Crippen LogP contribution < -0.4 is 29.6 Å². The maximum absolute atomic E-state index is 10.9. The van der Waals surface area contributed by atoms with Crippen LogP contribution in [0.5, 0.6) is 11.5 Å². The number of phenols is 2. The fourth-order valence-electron chi connectivity index (χ4n) is 1.37. The monoisotopic (exact) mass is 316 g/mol. The Morgan fingerprint density at radius 1 is 0.952 bits per heavy atom. The fourth-order valence-corrected chi connectivity index (χ4v) is 1.86. The van der Waals surface area contributed by atoms with Crippen LogP contribution in [0, 0.1) is 0 Å². The summed E-state index contributed by atoms with van der Waals surface area (Å²) >= 11 is 0. The van der Waals surface area contributed by atoms with Crippen molar-refractivity contribution in [3.05, 3.63) is 42.5 Å². The van der Waals surface area contributed by atoms with E-state index in [-0.39, 0.29) is 46.7 Å². The van der Waals surface area contributed by atoms with Crippen molar-refractivity contribution in [2.24, 2.45) is 10.2 Å². The predicted octanol–water partition coefficient (Wildman–Crippen LogP) is -0.579. The molecule has 9 heteroatoms. The van der Waals surface area contributed by atoms with Gasteiger partial charge in [0.2, 0.25) is 0 Å². The summed E-state index contributed by atoms with van der Waals surface area (Å²) in [6.45, 7) is 0. The molecule has 0 aliphatic rings. The topological polar surface area (TPSA) is 122 Å². The number of aromatic hydroxyl groups is 2. The SMILES string of the molecule is O=S(=O)([O-])c1ccc(O)c(/N=N/c2ccc(O)cc2)c1.[Na+]. The molecule has 0 aliphatic heterocycles. The smallest absolute Gasteiger partial charge is 0.744 e. The van der Waals surface area contributed by atoms with Crippen molar-refractivity contribution in [2.45, 2.75) is 4.90 Å². The Hall–Kier alpha value is -1.45. The van der Waals surface area contributed by atoms with Gasteiger partial charge in [0.15, 0.2) is 0 Å². The molecule has 7 nitrogen and oxygen atoms in total. The molecule has 2 aromatic rings. The zero-order valence-corrected chi connectivity index (χ0v) is 13.8. The second-order valence-corrected chi connectivity index (χ2v) is 5.20. The summed E-state index contributed by atoms with van der Waals surface area (Å²) in [7, 11) is -4.63. The Labute approximate surface area is 143 Å². The number of hydrogen-bond acceptors (Lipinski definition) is 7. The molecule has 0 saturated heterocycles. The quantitative estimate of drug-likeness (QED) is 0.446. The van der Waals surface area contributed by atoms with Crippen molar-refractivity contribution in [3.8, 4) is 11.5 Å². The normalized spacial score (nSPS) is 11.3. The Kier molecular flexibility index (Phi) is 5.87. The zero-order valence-electron chi connectivity index (χ0n) is 11.0. The van der Waals surface area contributed by atoms with Crippen LogP contribution in [0.2, 0.25) is 0 Å². The first kappa shape index (κ1) is 17.6. The summed E-state index contributed by atoms with van der Waals surface area (Å²) in [5.41, 5.74) is 0.243. The molecule has 0 saturated carbocycles. The first-order valence-electron chi connectivity index (χ1n) is 5.36. The van der Waals surface area contributed by atoms with Crippen LogP contribution in [0.15, 0.2) is 57.6 Å². The average Bonchev–Trinajstić information content (AvgIpc) is 2.38. The van der Waals surface area contributed by atoms with Gasteiger partial charge in [0, 0.05) is 0 Å². The molecule has 0 bridgehead atoms. The van der Waals surface area contributed by atoms with Gasteiger partial charge in [0.05, 0.1) is 10.6 Å². The molecule has 2 aromatic carbocycles. The first-order chi connectivity index (χ1) is 9.36. The van der Waals surface area contributed by atoms with E-state index in [2.05, 4.69) is 10.2 Å². The van der Waals surface area contributed by atoms with E-state index < -0.39 is 15.0 Å². The largest absolute Gasteiger partial charge is 1.00 e. The molecule has 0 aromatic heterocycles. The number of benzene rings is 2. The number of hydrogen-bond donors (Lipinski definition) is 2. The van der Waals surface area contributed by atoms with Gasteiger partial charge in [-0.2, -0.15) is 5.11 Å². The molecule has 0 radical (unpaired) electrons. The van der Waals surface area contributed by atoms with E-state index >= 15 is 0 Å². The standard InChI is InChI=1S/C12H10N2O5S.Na/c15-9-3-1-8(2-4-9)13-14-11-7-10(20(17,18)19)5-6-12(11)16;/h1-7,15-16H,(H,17,18,19);/q;+1/p-1/b14-13+;. The van der Waals surface area contributed by atoms with Crippen molar-refractivity contribution in [1.82, 2.24) is 0 Å². The Morgan fingerprint density at radius 3 is 2.14 bits per heavy atom. The maximum atomic E-state index is 10.9. The van der Waals surface area contributed by atoms with E-state index in [0.717, 1.165) is 18.2 Å². The number of azo groups is 1. The van der Waals surface area contributed by atoms with E-state index in [1.165, 1.54) is 24.3 Å². The van der Waals surface area contributed by atoms with Crippen LogP contribution in [-0.4, -0.2) is 23.2 Å². The van der Waals surface area contributed by atoms with Crippen LogP contribution in [-0.2, 0) is 10.1 Å². The Bertz CT molecular complexity index is 760. The second kappa shape index (κ2) is 7.01. The van der Waals surface area contributed by atoms with Gasteiger partial charge in [-0.05, 0) is 42.5 Å². The van der Waals surface area contributed by atoms with Crippen molar-refractivity contribution in [1.29, 1.82) is 0 Å². The van der Waals surface area contributed by atoms with Gasteiger partial charge in [0.25, 0.3) is 0 Å². The van der Waals surface area contributed by atoms with Crippen LogP contribution in [0.4, 0.5) is 11.4 Å². The summed E-state index contributed by atoms with van der Waals surface area (Å²) in [6, 6.07) is 8.71. The van der Waals surface area contributed by atoms with Gasteiger partial charge >= 0.3 is 29.6 Å². The molecule has 0 fully saturated rings. The van der Waals surface area contributed by atoms with Crippen LogP contribution in [0.1, 0.15) is 0 Å². The van der Waals surface area contributed by atoms with Crippen molar-refractivity contribution >= 4 is 21.5 Å². The molecule has 0 atom stereocenters. The Balaban J connectivity index is 0.00000220. The Morgan fingerprint density at radius 2 is 1.57 bits per heavy atom. The maximum Gasteiger partial charge on any atom is 1.00 e. The minimum absolute atomic E-state index is 0. The molecule has 21 heavy (non-hydrogen) atoms. The molecular weight excluding hydrogens is 307 g/mol. The molecule has 104 valence electrons. The third-order valence-corrected chi connectivity index (χ3v) is 3.19. The van der Waals surface area contributed by atoms with Gasteiger partial charge in [-0.15, -0.1) is 5.11 Å². The molecule has 0 aliphatic carbocycles. The van der Waals surface area contributed by atoms with E-state index in [9.17, 15) is 18.1 Å². The van der Waals surface area contributed by atoms with Crippen LogP contribution in [0.25, 0.3) is 0 Å². The van der Waals surface area contributed by atoms with Gasteiger partial charge in [-0.3, -0.25) is 0 Å². The zero-order chi connectivity index (χ0) is 14.8. The summed E-state index contributed by atoms with van der Waals surface area (Å²) in [5.74, 6) is -0.244. The fraction of sp³-hybridized carbons (Fsp3) is 0.